The molecule has 2 aliphatic heterocycles. The number of carbonyl (C=O) groups is 2. The standard InChI is InChI=1S/C20H26F3N3O3/c1-14-2-4-15(5-3-14)17(25-6-8-29-9-7-25)11-24-19(28)16-10-18(27)26(12-16)13-20(21,22)23/h2-5,16-17H,6-13H2,1H3,(H,24,28). The third-order valence-corrected chi connectivity index (χ3v) is 5.37. The lowest BCUT2D eigenvalue weighted by Gasteiger charge is -2.35. The zero-order valence-electron chi connectivity index (χ0n) is 16.4. The van der Waals surface area contributed by atoms with Crippen molar-refractivity contribution in [2.45, 2.75) is 25.6 Å². The number of nitrogens with zero attached hydrogens (tertiary/aromatic N) is 2. The van der Waals surface area contributed by atoms with Gasteiger partial charge in [-0.1, -0.05) is 29.8 Å². The van der Waals surface area contributed by atoms with E-state index in [4.69, 9.17) is 4.74 Å². The van der Waals surface area contributed by atoms with Gasteiger partial charge in [-0.15, -0.1) is 0 Å². The first-order valence-electron chi connectivity index (χ1n) is 9.73. The predicted octanol–water partition coefficient (Wildman–Crippen LogP) is 1.90. The Morgan fingerprint density at radius 3 is 2.52 bits per heavy atom. The zero-order chi connectivity index (χ0) is 21.0. The highest BCUT2D eigenvalue weighted by molar-refractivity contribution is 5.89. The Balaban J connectivity index is 1.62. The smallest absolute Gasteiger partial charge is 0.379 e. The van der Waals surface area contributed by atoms with Crippen LogP contribution in [-0.2, 0) is 14.3 Å². The molecule has 6 nitrogen and oxygen atoms in total. The van der Waals surface area contributed by atoms with E-state index in [1.165, 1.54) is 0 Å². The summed E-state index contributed by atoms with van der Waals surface area (Å²) < 4.78 is 43.1. The molecule has 0 aromatic heterocycles. The van der Waals surface area contributed by atoms with Gasteiger partial charge in [0, 0.05) is 32.6 Å². The first-order chi connectivity index (χ1) is 13.7. The number of morpholine rings is 1. The third kappa shape index (κ3) is 5.93. The Hall–Kier alpha value is -2.13. The van der Waals surface area contributed by atoms with Crippen molar-refractivity contribution in [3.63, 3.8) is 0 Å². The molecule has 29 heavy (non-hydrogen) atoms. The summed E-state index contributed by atoms with van der Waals surface area (Å²) in [5.74, 6) is -1.77. The molecule has 2 unspecified atom stereocenters. The van der Waals surface area contributed by atoms with Gasteiger partial charge in [0.15, 0.2) is 0 Å². The Morgan fingerprint density at radius 1 is 1.24 bits per heavy atom. The van der Waals surface area contributed by atoms with Gasteiger partial charge in [0.1, 0.15) is 6.54 Å². The van der Waals surface area contributed by atoms with Crippen LogP contribution in [0.2, 0.25) is 0 Å². The predicted molar refractivity (Wildman–Crippen MR) is 100 cm³/mol. The lowest BCUT2D eigenvalue weighted by atomic mass is 10.0. The molecule has 3 rings (SSSR count). The quantitative estimate of drug-likeness (QED) is 0.774. The van der Waals surface area contributed by atoms with E-state index in [1.54, 1.807) is 0 Å². The first kappa shape index (κ1) is 21.6. The molecule has 2 atom stereocenters. The molecule has 1 N–H and O–H groups in total. The number of hydrogen-bond acceptors (Lipinski definition) is 4. The lowest BCUT2D eigenvalue weighted by Crippen LogP contribution is -2.45. The van der Waals surface area contributed by atoms with Crippen LogP contribution in [-0.4, -0.2) is 73.7 Å². The van der Waals surface area contributed by atoms with E-state index >= 15 is 0 Å². The second-order valence-electron chi connectivity index (χ2n) is 7.61. The summed E-state index contributed by atoms with van der Waals surface area (Å²) in [5, 5.41) is 2.86. The Kier molecular flexibility index (Phi) is 6.79. The summed E-state index contributed by atoms with van der Waals surface area (Å²) in [5.41, 5.74) is 2.19. The maximum atomic E-state index is 12.6. The van der Waals surface area contributed by atoms with E-state index in [1.807, 2.05) is 31.2 Å². The summed E-state index contributed by atoms with van der Waals surface area (Å²) in [7, 11) is 0. The van der Waals surface area contributed by atoms with Gasteiger partial charge >= 0.3 is 6.18 Å². The molecular weight excluding hydrogens is 387 g/mol. The van der Waals surface area contributed by atoms with Gasteiger partial charge < -0.3 is 15.0 Å². The Bertz CT molecular complexity index is 718. The van der Waals surface area contributed by atoms with Gasteiger partial charge in [-0.2, -0.15) is 13.2 Å². The molecule has 2 fully saturated rings. The average Bonchev–Trinajstić information content (AvgIpc) is 3.03. The van der Waals surface area contributed by atoms with Crippen LogP contribution >= 0.6 is 0 Å². The molecule has 160 valence electrons. The summed E-state index contributed by atoms with van der Waals surface area (Å²) in [6.45, 7) is 3.50. The van der Waals surface area contributed by atoms with Crippen molar-refractivity contribution in [2.75, 3.05) is 45.9 Å². The number of carbonyl (C=O) groups excluding carboxylic acids is 2. The van der Waals surface area contributed by atoms with Crippen LogP contribution < -0.4 is 5.32 Å². The van der Waals surface area contributed by atoms with E-state index in [9.17, 15) is 22.8 Å². The molecule has 2 aliphatic rings. The van der Waals surface area contributed by atoms with Gasteiger partial charge in [0.05, 0.1) is 25.2 Å². The first-order valence-corrected chi connectivity index (χ1v) is 9.73. The van der Waals surface area contributed by atoms with Crippen LogP contribution in [0.4, 0.5) is 13.2 Å². The minimum absolute atomic E-state index is 0.0631. The van der Waals surface area contributed by atoms with E-state index in [0.29, 0.717) is 24.7 Å². The average molecular weight is 413 g/mol. The number of amides is 2. The highest BCUT2D eigenvalue weighted by Gasteiger charge is 2.40. The number of hydrogen-bond donors (Lipinski definition) is 1. The molecule has 0 spiro atoms. The molecule has 2 amide bonds. The highest BCUT2D eigenvalue weighted by Crippen LogP contribution is 2.25. The van der Waals surface area contributed by atoms with E-state index < -0.39 is 24.5 Å². The number of nitrogens with one attached hydrogen (secondary N) is 1. The van der Waals surface area contributed by atoms with Crippen molar-refractivity contribution in [2.24, 2.45) is 5.92 Å². The molecule has 0 saturated carbocycles. The second-order valence-corrected chi connectivity index (χ2v) is 7.61. The van der Waals surface area contributed by atoms with Gasteiger partial charge in [-0.25, -0.2) is 0 Å². The molecule has 1 aromatic rings. The van der Waals surface area contributed by atoms with Gasteiger partial charge in [-0.05, 0) is 12.5 Å². The number of rotatable bonds is 6. The molecule has 0 bridgehead atoms. The fourth-order valence-corrected chi connectivity index (χ4v) is 3.79. The van der Waals surface area contributed by atoms with Crippen molar-refractivity contribution in [3.8, 4) is 0 Å². The topological polar surface area (TPSA) is 61.9 Å². The second kappa shape index (κ2) is 9.13. The van der Waals surface area contributed by atoms with Crippen molar-refractivity contribution in [3.05, 3.63) is 35.4 Å². The molecular formula is C20H26F3N3O3. The number of aryl methyl sites for hydroxylation is 1. The van der Waals surface area contributed by atoms with Crippen molar-refractivity contribution in [1.82, 2.24) is 15.1 Å². The van der Waals surface area contributed by atoms with Crippen molar-refractivity contribution < 1.29 is 27.5 Å². The van der Waals surface area contributed by atoms with E-state index in [0.717, 1.165) is 24.2 Å². The number of alkyl halides is 3. The lowest BCUT2D eigenvalue weighted by molar-refractivity contribution is -0.157. The maximum Gasteiger partial charge on any atom is 0.406 e. The number of halogens is 3. The molecule has 1 aromatic carbocycles. The molecule has 9 heteroatoms. The van der Waals surface area contributed by atoms with Gasteiger partial charge in [0.2, 0.25) is 11.8 Å². The largest absolute Gasteiger partial charge is 0.406 e. The normalized spacial score (nSPS) is 22.0. The van der Waals surface area contributed by atoms with Crippen molar-refractivity contribution >= 4 is 11.8 Å². The monoisotopic (exact) mass is 413 g/mol. The molecule has 0 radical (unpaired) electrons. The third-order valence-electron chi connectivity index (χ3n) is 5.37. The number of benzene rings is 1. The Labute approximate surface area is 168 Å². The molecule has 2 saturated heterocycles. The fourth-order valence-electron chi connectivity index (χ4n) is 3.79. The minimum atomic E-state index is -4.46. The van der Waals surface area contributed by atoms with Crippen LogP contribution in [0.5, 0.6) is 0 Å². The van der Waals surface area contributed by atoms with Crippen LogP contribution in [0.3, 0.4) is 0 Å². The SMILES string of the molecule is Cc1ccc(C(CNC(=O)C2CC(=O)N(CC(F)(F)F)C2)N2CCOCC2)cc1. The van der Waals surface area contributed by atoms with Crippen LogP contribution in [0.15, 0.2) is 24.3 Å². The van der Waals surface area contributed by atoms with Crippen LogP contribution in [0.25, 0.3) is 0 Å². The maximum absolute atomic E-state index is 12.6. The molecule has 2 heterocycles. The minimum Gasteiger partial charge on any atom is -0.379 e. The van der Waals surface area contributed by atoms with E-state index in [-0.39, 0.29) is 24.9 Å². The Morgan fingerprint density at radius 2 is 1.90 bits per heavy atom. The molecule has 0 aliphatic carbocycles. The fraction of sp³-hybridized carbons (Fsp3) is 0.600. The van der Waals surface area contributed by atoms with Crippen LogP contribution in [0, 0.1) is 12.8 Å². The van der Waals surface area contributed by atoms with E-state index in [2.05, 4.69) is 10.2 Å². The summed E-state index contributed by atoms with van der Waals surface area (Å²) in [6.07, 6.45) is -4.65. The van der Waals surface area contributed by atoms with Gasteiger partial charge in [0.25, 0.3) is 0 Å². The summed E-state index contributed by atoms with van der Waals surface area (Å²) in [6, 6.07) is 7.99. The summed E-state index contributed by atoms with van der Waals surface area (Å²) in [4.78, 5) is 27.3. The number of likely N-dealkylation sites (tertiary alicyclic amines) is 1. The number of ether oxygens (including phenoxy) is 1. The zero-order valence-corrected chi connectivity index (χ0v) is 16.4. The highest BCUT2D eigenvalue weighted by atomic mass is 19.4. The van der Waals surface area contributed by atoms with Crippen LogP contribution in [0.1, 0.15) is 23.6 Å². The van der Waals surface area contributed by atoms with Gasteiger partial charge in [-0.3, -0.25) is 14.5 Å². The van der Waals surface area contributed by atoms with Crippen molar-refractivity contribution in [1.29, 1.82) is 0 Å². The summed E-state index contributed by atoms with van der Waals surface area (Å²) >= 11 is 0.